The average Bonchev–Trinajstić information content (AvgIpc) is 2.50. The van der Waals surface area contributed by atoms with Crippen LogP contribution in [0.2, 0.25) is 0 Å². The minimum absolute atomic E-state index is 0.129. The molecule has 1 saturated heterocycles. The van der Waals surface area contributed by atoms with Gasteiger partial charge in [0.15, 0.2) is 0 Å². The van der Waals surface area contributed by atoms with Crippen molar-refractivity contribution in [2.75, 3.05) is 19.6 Å². The summed E-state index contributed by atoms with van der Waals surface area (Å²) in [6, 6.07) is 9.77. The van der Waals surface area contributed by atoms with E-state index in [4.69, 9.17) is 0 Å². The number of nitrogens with zero attached hydrogens (tertiary/aromatic N) is 2. The Bertz CT molecular complexity index is 600. The Balaban J connectivity index is 1.75. The summed E-state index contributed by atoms with van der Waals surface area (Å²) >= 11 is 0. The number of aromatic nitrogens is 1. The lowest BCUT2D eigenvalue weighted by molar-refractivity contribution is 0.197. The van der Waals surface area contributed by atoms with E-state index in [1.54, 1.807) is 18.5 Å². The van der Waals surface area contributed by atoms with Gasteiger partial charge in [0.2, 0.25) is 0 Å². The van der Waals surface area contributed by atoms with Gasteiger partial charge in [-0.15, -0.1) is 0 Å². The summed E-state index contributed by atoms with van der Waals surface area (Å²) in [6.45, 7) is 5.74. The van der Waals surface area contributed by atoms with Crippen LogP contribution in [0, 0.1) is 5.82 Å². The maximum atomic E-state index is 14.3. The highest BCUT2D eigenvalue weighted by Crippen LogP contribution is 2.22. The van der Waals surface area contributed by atoms with Crippen molar-refractivity contribution in [1.82, 2.24) is 15.2 Å². The maximum absolute atomic E-state index is 14.3. The molecule has 1 aliphatic rings. The lowest BCUT2D eigenvalue weighted by Crippen LogP contribution is -2.48. The molecule has 1 fully saturated rings. The van der Waals surface area contributed by atoms with Crippen molar-refractivity contribution in [2.45, 2.75) is 19.5 Å². The summed E-state index contributed by atoms with van der Waals surface area (Å²) in [4.78, 5) is 6.29. The highest BCUT2D eigenvalue weighted by atomic mass is 19.1. The van der Waals surface area contributed by atoms with Crippen molar-refractivity contribution in [3.63, 3.8) is 0 Å². The second kappa shape index (κ2) is 6.33. The van der Waals surface area contributed by atoms with E-state index in [0.29, 0.717) is 12.6 Å². The minimum Gasteiger partial charge on any atom is -0.312 e. The zero-order valence-corrected chi connectivity index (χ0v) is 12.2. The van der Waals surface area contributed by atoms with Crippen molar-refractivity contribution in [3.8, 4) is 11.1 Å². The first-order valence-electron chi connectivity index (χ1n) is 7.37. The molecule has 0 saturated carbocycles. The van der Waals surface area contributed by atoms with E-state index in [-0.39, 0.29) is 5.82 Å². The third-order valence-electron chi connectivity index (χ3n) is 3.91. The van der Waals surface area contributed by atoms with Crippen LogP contribution in [0.4, 0.5) is 4.39 Å². The summed E-state index contributed by atoms with van der Waals surface area (Å²) in [5.74, 6) is -0.129. The minimum atomic E-state index is -0.129. The molecule has 0 amide bonds. The highest BCUT2D eigenvalue weighted by molar-refractivity contribution is 5.63. The number of nitrogens with one attached hydrogen (secondary N) is 1. The number of pyridine rings is 1. The number of hydrogen-bond acceptors (Lipinski definition) is 3. The molecule has 1 N–H and O–H groups in total. The quantitative estimate of drug-likeness (QED) is 0.940. The predicted octanol–water partition coefficient (Wildman–Crippen LogP) is 2.68. The standard InChI is InChI=1S/C17H20FN3/c1-13-11-21(9-8-20-13)12-16-3-2-15(10-17(16)18)14-4-6-19-7-5-14/h2-7,10,13,20H,8-9,11-12H2,1H3/t13-/m1/s1. The van der Waals surface area contributed by atoms with Crippen LogP contribution in [0.5, 0.6) is 0 Å². The molecular weight excluding hydrogens is 265 g/mol. The van der Waals surface area contributed by atoms with Gasteiger partial charge in [-0.05, 0) is 36.2 Å². The lowest BCUT2D eigenvalue weighted by Gasteiger charge is -2.31. The number of rotatable bonds is 3. The topological polar surface area (TPSA) is 28.2 Å². The molecule has 1 aliphatic heterocycles. The van der Waals surface area contributed by atoms with Gasteiger partial charge in [-0.1, -0.05) is 12.1 Å². The van der Waals surface area contributed by atoms with Gasteiger partial charge in [0, 0.05) is 50.2 Å². The zero-order chi connectivity index (χ0) is 14.7. The summed E-state index contributed by atoms with van der Waals surface area (Å²) in [7, 11) is 0. The highest BCUT2D eigenvalue weighted by Gasteiger charge is 2.17. The van der Waals surface area contributed by atoms with Gasteiger partial charge in [-0.2, -0.15) is 0 Å². The Labute approximate surface area is 124 Å². The molecule has 0 bridgehead atoms. The first-order chi connectivity index (χ1) is 10.2. The number of hydrogen-bond donors (Lipinski definition) is 1. The van der Waals surface area contributed by atoms with Crippen molar-refractivity contribution in [1.29, 1.82) is 0 Å². The van der Waals surface area contributed by atoms with Gasteiger partial charge >= 0.3 is 0 Å². The van der Waals surface area contributed by atoms with Gasteiger partial charge in [-0.25, -0.2) is 4.39 Å². The molecule has 4 heteroatoms. The Morgan fingerprint density at radius 2 is 2.05 bits per heavy atom. The number of piperazine rings is 1. The molecule has 110 valence electrons. The van der Waals surface area contributed by atoms with E-state index in [2.05, 4.69) is 22.1 Å². The van der Waals surface area contributed by atoms with Gasteiger partial charge in [0.1, 0.15) is 5.82 Å². The Hall–Kier alpha value is -1.78. The first-order valence-corrected chi connectivity index (χ1v) is 7.37. The van der Waals surface area contributed by atoms with E-state index in [1.165, 1.54) is 0 Å². The molecule has 1 atom stereocenters. The van der Waals surface area contributed by atoms with Gasteiger partial charge in [0.05, 0.1) is 0 Å². The van der Waals surface area contributed by atoms with Crippen molar-refractivity contribution < 1.29 is 4.39 Å². The van der Waals surface area contributed by atoms with Crippen LogP contribution in [0.3, 0.4) is 0 Å². The van der Waals surface area contributed by atoms with Crippen LogP contribution in [0.1, 0.15) is 12.5 Å². The van der Waals surface area contributed by atoms with Crippen molar-refractivity contribution in [3.05, 3.63) is 54.1 Å². The molecule has 0 radical (unpaired) electrons. The molecule has 2 heterocycles. The van der Waals surface area contributed by atoms with Crippen LogP contribution in [-0.4, -0.2) is 35.6 Å². The molecule has 2 aromatic rings. The van der Waals surface area contributed by atoms with E-state index in [0.717, 1.165) is 36.3 Å². The summed E-state index contributed by atoms with van der Waals surface area (Å²) in [5.41, 5.74) is 2.65. The molecule has 1 aromatic heterocycles. The summed E-state index contributed by atoms with van der Waals surface area (Å²) in [5, 5.41) is 3.40. The van der Waals surface area contributed by atoms with Crippen LogP contribution < -0.4 is 5.32 Å². The maximum Gasteiger partial charge on any atom is 0.128 e. The molecule has 0 unspecified atom stereocenters. The number of benzene rings is 1. The second-order valence-electron chi connectivity index (χ2n) is 5.63. The van der Waals surface area contributed by atoms with Crippen LogP contribution in [-0.2, 0) is 6.54 Å². The molecule has 0 spiro atoms. The molecule has 0 aliphatic carbocycles. The van der Waals surface area contributed by atoms with E-state index < -0.39 is 0 Å². The largest absolute Gasteiger partial charge is 0.312 e. The van der Waals surface area contributed by atoms with Crippen molar-refractivity contribution in [2.24, 2.45) is 0 Å². The van der Waals surface area contributed by atoms with E-state index in [1.807, 2.05) is 24.3 Å². The predicted molar refractivity (Wildman–Crippen MR) is 82.4 cm³/mol. The fourth-order valence-electron chi connectivity index (χ4n) is 2.80. The molecule has 3 rings (SSSR count). The Kier molecular flexibility index (Phi) is 4.27. The monoisotopic (exact) mass is 285 g/mol. The smallest absolute Gasteiger partial charge is 0.128 e. The van der Waals surface area contributed by atoms with Crippen LogP contribution in [0.25, 0.3) is 11.1 Å². The lowest BCUT2D eigenvalue weighted by atomic mass is 10.0. The third kappa shape index (κ3) is 3.46. The SMILES string of the molecule is C[C@@H]1CN(Cc2ccc(-c3ccncc3)cc2F)CCN1. The van der Waals surface area contributed by atoms with Gasteiger partial charge in [-0.3, -0.25) is 9.88 Å². The van der Waals surface area contributed by atoms with E-state index in [9.17, 15) is 4.39 Å². The molecule has 3 nitrogen and oxygen atoms in total. The number of halogens is 1. The van der Waals surface area contributed by atoms with Crippen LogP contribution in [0.15, 0.2) is 42.7 Å². The first kappa shape index (κ1) is 14.2. The Morgan fingerprint density at radius 1 is 1.24 bits per heavy atom. The Morgan fingerprint density at radius 3 is 2.76 bits per heavy atom. The van der Waals surface area contributed by atoms with Crippen LogP contribution >= 0.6 is 0 Å². The normalized spacial score (nSPS) is 19.6. The van der Waals surface area contributed by atoms with Gasteiger partial charge < -0.3 is 5.32 Å². The van der Waals surface area contributed by atoms with Crippen molar-refractivity contribution >= 4 is 0 Å². The summed E-state index contributed by atoms with van der Waals surface area (Å²) < 4.78 is 14.3. The fraction of sp³-hybridized carbons (Fsp3) is 0.353. The molecular formula is C17H20FN3. The molecule has 1 aromatic carbocycles. The average molecular weight is 285 g/mol. The third-order valence-corrected chi connectivity index (χ3v) is 3.91. The summed E-state index contributed by atoms with van der Waals surface area (Å²) in [6.07, 6.45) is 3.45. The molecule has 21 heavy (non-hydrogen) atoms. The van der Waals surface area contributed by atoms with Gasteiger partial charge in [0.25, 0.3) is 0 Å². The second-order valence-corrected chi connectivity index (χ2v) is 5.63. The zero-order valence-electron chi connectivity index (χ0n) is 12.2. The van der Waals surface area contributed by atoms with E-state index >= 15 is 0 Å². The fourth-order valence-corrected chi connectivity index (χ4v) is 2.80.